The molecule has 1 atom stereocenters. The van der Waals surface area contributed by atoms with E-state index >= 15 is 0 Å². The summed E-state index contributed by atoms with van der Waals surface area (Å²) in [5, 5.41) is 17.6. The molecule has 14 heavy (non-hydrogen) atoms. The average molecular weight is 191 g/mol. The van der Waals surface area contributed by atoms with Gasteiger partial charge in [0.15, 0.2) is 0 Å². The average Bonchev–Trinajstić information content (AvgIpc) is 2.26. The number of nitrogens with zero attached hydrogens (tertiary/aromatic N) is 1. The SMILES string of the molecule is COc1ccc(C(C#N)CCO)cc1. The van der Waals surface area contributed by atoms with Crippen LogP contribution in [0.1, 0.15) is 17.9 Å². The maximum Gasteiger partial charge on any atom is 0.118 e. The fourth-order valence-electron chi connectivity index (χ4n) is 1.27. The minimum atomic E-state index is -0.231. The highest BCUT2D eigenvalue weighted by molar-refractivity contribution is 5.31. The normalized spacial score (nSPS) is 11.8. The summed E-state index contributed by atoms with van der Waals surface area (Å²) in [7, 11) is 1.60. The Morgan fingerprint density at radius 3 is 2.50 bits per heavy atom. The minimum Gasteiger partial charge on any atom is -0.497 e. The van der Waals surface area contributed by atoms with Crippen molar-refractivity contribution in [2.45, 2.75) is 12.3 Å². The van der Waals surface area contributed by atoms with Crippen molar-refractivity contribution in [3.63, 3.8) is 0 Å². The van der Waals surface area contributed by atoms with Crippen LogP contribution in [0.5, 0.6) is 5.75 Å². The second kappa shape index (κ2) is 5.25. The molecule has 0 aliphatic rings. The third-order valence-corrected chi connectivity index (χ3v) is 2.09. The van der Waals surface area contributed by atoms with E-state index in [9.17, 15) is 0 Å². The smallest absolute Gasteiger partial charge is 0.118 e. The van der Waals surface area contributed by atoms with Crippen molar-refractivity contribution in [1.29, 1.82) is 5.26 Å². The first kappa shape index (κ1) is 10.6. The number of benzene rings is 1. The molecule has 0 aliphatic carbocycles. The zero-order chi connectivity index (χ0) is 10.4. The maximum absolute atomic E-state index is 8.84. The predicted octanol–water partition coefficient (Wildman–Crippen LogP) is 1.68. The molecule has 3 nitrogen and oxygen atoms in total. The van der Waals surface area contributed by atoms with Gasteiger partial charge in [0.25, 0.3) is 0 Å². The van der Waals surface area contributed by atoms with Crippen LogP contribution in [0.15, 0.2) is 24.3 Å². The molecular formula is C11H13NO2. The molecule has 1 rings (SSSR count). The largest absolute Gasteiger partial charge is 0.497 e. The van der Waals surface area contributed by atoms with Gasteiger partial charge in [-0.1, -0.05) is 12.1 Å². The van der Waals surface area contributed by atoms with E-state index in [0.717, 1.165) is 11.3 Å². The number of nitriles is 1. The van der Waals surface area contributed by atoms with E-state index in [0.29, 0.717) is 6.42 Å². The molecule has 0 aromatic heterocycles. The first-order chi connectivity index (χ1) is 6.81. The van der Waals surface area contributed by atoms with Gasteiger partial charge < -0.3 is 9.84 Å². The number of rotatable bonds is 4. The van der Waals surface area contributed by atoms with Crippen LogP contribution in [0, 0.1) is 11.3 Å². The second-order valence-electron chi connectivity index (χ2n) is 2.97. The minimum absolute atomic E-state index is 0.0320. The highest BCUT2D eigenvalue weighted by Crippen LogP contribution is 2.21. The van der Waals surface area contributed by atoms with Gasteiger partial charge in [-0.25, -0.2) is 0 Å². The van der Waals surface area contributed by atoms with Gasteiger partial charge in [-0.2, -0.15) is 5.26 Å². The molecule has 1 aromatic carbocycles. The van der Waals surface area contributed by atoms with Crippen LogP contribution in [0.4, 0.5) is 0 Å². The van der Waals surface area contributed by atoms with Crippen molar-refractivity contribution in [3.8, 4) is 11.8 Å². The lowest BCUT2D eigenvalue weighted by Crippen LogP contribution is -1.98. The third kappa shape index (κ3) is 2.48. The van der Waals surface area contributed by atoms with Crippen LogP contribution in [0.2, 0.25) is 0 Å². The van der Waals surface area contributed by atoms with Crippen LogP contribution in [-0.2, 0) is 0 Å². The Morgan fingerprint density at radius 2 is 2.07 bits per heavy atom. The summed E-state index contributed by atoms with van der Waals surface area (Å²) in [5.41, 5.74) is 0.919. The first-order valence-corrected chi connectivity index (χ1v) is 4.46. The van der Waals surface area contributed by atoms with Crippen molar-refractivity contribution in [2.24, 2.45) is 0 Å². The maximum atomic E-state index is 8.84. The Morgan fingerprint density at radius 1 is 1.43 bits per heavy atom. The molecule has 0 aliphatic heterocycles. The highest BCUT2D eigenvalue weighted by Gasteiger charge is 2.09. The van der Waals surface area contributed by atoms with Crippen molar-refractivity contribution in [2.75, 3.05) is 13.7 Å². The van der Waals surface area contributed by atoms with Gasteiger partial charge in [0, 0.05) is 6.61 Å². The van der Waals surface area contributed by atoms with Gasteiger partial charge in [0.1, 0.15) is 5.75 Å². The molecule has 1 N–H and O–H groups in total. The van der Waals surface area contributed by atoms with Crippen molar-refractivity contribution in [3.05, 3.63) is 29.8 Å². The van der Waals surface area contributed by atoms with Crippen LogP contribution >= 0.6 is 0 Å². The molecule has 3 heteroatoms. The molecule has 0 heterocycles. The second-order valence-corrected chi connectivity index (χ2v) is 2.97. The number of hydrogen-bond donors (Lipinski definition) is 1. The molecule has 1 aromatic rings. The van der Waals surface area contributed by atoms with E-state index in [1.165, 1.54) is 0 Å². The number of methoxy groups -OCH3 is 1. The Kier molecular flexibility index (Phi) is 3.96. The summed E-state index contributed by atoms with van der Waals surface area (Å²) < 4.78 is 5.01. The van der Waals surface area contributed by atoms with Gasteiger partial charge in [0.05, 0.1) is 19.1 Å². The Bertz CT molecular complexity index is 313. The molecule has 0 bridgehead atoms. The summed E-state index contributed by atoms with van der Waals surface area (Å²) >= 11 is 0. The van der Waals surface area contributed by atoms with Gasteiger partial charge in [0.2, 0.25) is 0 Å². The molecule has 0 spiro atoms. The molecule has 0 amide bonds. The van der Waals surface area contributed by atoms with Gasteiger partial charge in [-0.3, -0.25) is 0 Å². The van der Waals surface area contributed by atoms with Crippen LogP contribution < -0.4 is 4.74 Å². The highest BCUT2D eigenvalue weighted by atomic mass is 16.5. The number of aliphatic hydroxyl groups is 1. The fraction of sp³-hybridized carbons (Fsp3) is 0.364. The van der Waals surface area contributed by atoms with E-state index in [4.69, 9.17) is 15.1 Å². The quantitative estimate of drug-likeness (QED) is 0.787. The number of ether oxygens (including phenoxy) is 1. The Balaban J connectivity index is 2.79. The third-order valence-electron chi connectivity index (χ3n) is 2.09. The Labute approximate surface area is 83.6 Å². The summed E-state index contributed by atoms with van der Waals surface area (Å²) in [6.45, 7) is 0.0320. The zero-order valence-electron chi connectivity index (χ0n) is 8.10. The summed E-state index contributed by atoms with van der Waals surface area (Å²) in [4.78, 5) is 0. The van der Waals surface area contributed by atoms with E-state index in [-0.39, 0.29) is 12.5 Å². The van der Waals surface area contributed by atoms with Gasteiger partial charge >= 0.3 is 0 Å². The van der Waals surface area contributed by atoms with E-state index < -0.39 is 0 Å². The number of hydrogen-bond acceptors (Lipinski definition) is 3. The molecule has 0 saturated carbocycles. The lowest BCUT2D eigenvalue weighted by Gasteiger charge is -2.07. The van der Waals surface area contributed by atoms with Crippen LogP contribution in [0.3, 0.4) is 0 Å². The van der Waals surface area contributed by atoms with Gasteiger partial charge in [-0.05, 0) is 24.1 Å². The van der Waals surface area contributed by atoms with Gasteiger partial charge in [-0.15, -0.1) is 0 Å². The summed E-state index contributed by atoms with van der Waals surface area (Å²) in [6, 6.07) is 9.49. The topological polar surface area (TPSA) is 53.2 Å². The van der Waals surface area contributed by atoms with E-state index in [2.05, 4.69) is 6.07 Å². The van der Waals surface area contributed by atoms with Crippen molar-refractivity contribution >= 4 is 0 Å². The standard InChI is InChI=1S/C11H13NO2/c1-14-11-4-2-9(3-5-11)10(8-12)6-7-13/h2-5,10,13H,6-7H2,1H3. The van der Waals surface area contributed by atoms with E-state index in [1.54, 1.807) is 7.11 Å². The fourth-order valence-corrected chi connectivity index (χ4v) is 1.27. The molecule has 0 radical (unpaired) electrons. The van der Waals surface area contributed by atoms with Crippen molar-refractivity contribution < 1.29 is 9.84 Å². The molecular weight excluding hydrogens is 178 g/mol. The first-order valence-electron chi connectivity index (χ1n) is 4.46. The Hall–Kier alpha value is -1.53. The monoisotopic (exact) mass is 191 g/mol. The molecule has 74 valence electrons. The zero-order valence-corrected chi connectivity index (χ0v) is 8.10. The van der Waals surface area contributed by atoms with E-state index in [1.807, 2.05) is 24.3 Å². The molecule has 1 unspecified atom stereocenters. The molecule has 0 saturated heterocycles. The lowest BCUT2D eigenvalue weighted by atomic mass is 9.98. The van der Waals surface area contributed by atoms with Crippen LogP contribution in [0.25, 0.3) is 0 Å². The summed E-state index contributed by atoms with van der Waals surface area (Å²) in [6.07, 6.45) is 0.475. The summed E-state index contributed by atoms with van der Waals surface area (Å²) in [5.74, 6) is 0.542. The van der Waals surface area contributed by atoms with Crippen LogP contribution in [-0.4, -0.2) is 18.8 Å². The lowest BCUT2D eigenvalue weighted by molar-refractivity contribution is 0.283. The van der Waals surface area contributed by atoms with Crippen molar-refractivity contribution in [1.82, 2.24) is 0 Å². The predicted molar refractivity (Wildman–Crippen MR) is 53.1 cm³/mol. The number of aliphatic hydroxyl groups excluding tert-OH is 1. The molecule has 0 fully saturated rings.